The smallest absolute Gasteiger partial charge is 0.137 e. The molecule has 7 aromatic rings. The molecule has 0 spiro atoms. The largest absolute Gasteiger partial charge is 0.294 e. The molecular weight excluding hydrogens is 402 g/mol. The molecule has 3 nitrogen and oxygen atoms in total. The summed E-state index contributed by atoms with van der Waals surface area (Å²) in [5, 5.41) is 7.29. The van der Waals surface area contributed by atoms with E-state index in [1.165, 1.54) is 26.9 Å². The van der Waals surface area contributed by atoms with Crippen LogP contribution in [-0.2, 0) is 0 Å². The molecule has 0 aliphatic carbocycles. The second-order valence-corrected chi connectivity index (χ2v) is 8.35. The van der Waals surface area contributed by atoms with Crippen molar-refractivity contribution in [2.45, 2.75) is 0 Å². The lowest BCUT2D eigenvalue weighted by Gasteiger charge is -2.07. The third kappa shape index (κ3) is 2.76. The lowest BCUT2D eigenvalue weighted by Crippen LogP contribution is -1.96. The first-order valence-corrected chi connectivity index (χ1v) is 11.1. The summed E-state index contributed by atoms with van der Waals surface area (Å²) in [7, 11) is 0. The van der Waals surface area contributed by atoms with Crippen molar-refractivity contribution in [3.63, 3.8) is 0 Å². The van der Waals surface area contributed by atoms with E-state index in [1.807, 2.05) is 30.6 Å². The van der Waals surface area contributed by atoms with Gasteiger partial charge < -0.3 is 0 Å². The minimum Gasteiger partial charge on any atom is -0.294 e. The van der Waals surface area contributed by atoms with Gasteiger partial charge in [0, 0.05) is 34.1 Å². The fourth-order valence-electron chi connectivity index (χ4n) is 4.92. The third-order valence-electron chi connectivity index (χ3n) is 6.46. The number of fused-ring (bicyclic) bond motifs is 6. The summed E-state index contributed by atoms with van der Waals surface area (Å²) in [5.41, 5.74) is 4.39. The molecule has 0 aliphatic heterocycles. The van der Waals surface area contributed by atoms with E-state index in [4.69, 9.17) is 4.98 Å². The van der Waals surface area contributed by atoms with Gasteiger partial charge >= 0.3 is 0 Å². The van der Waals surface area contributed by atoms with E-state index < -0.39 is 0 Å². The Labute approximate surface area is 190 Å². The summed E-state index contributed by atoms with van der Waals surface area (Å²) in [5.74, 6) is 0.921. The monoisotopic (exact) mass is 421 g/mol. The number of benzene rings is 4. The van der Waals surface area contributed by atoms with Crippen molar-refractivity contribution in [3.05, 3.63) is 116 Å². The highest BCUT2D eigenvalue weighted by Gasteiger charge is 2.16. The maximum absolute atomic E-state index is 4.77. The first-order valence-electron chi connectivity index (χ1n) is 11.1. The molecule has 0 saturated heterocycles. The van der Waals surface area contributed by atoms with Gasteiger partial charge in [0.2, 0.25) is 0 Å². The minimum atomic E-state index is 0.921. The molecule has 0 atom stereocenters. The molecule has 33 heavy (non-hydrogen) atoms. The van der Waals surface area contributed by atoms with Gasteiger partial charge in [-0.3, -0.25) is 9.55 Å². The zero-order chi connectivity index (χ0) is 21.8. The highest BCUT2D eigenvalue weighted by atomic mass is 15.1. The van der Waals surface area contributed by atoms with Crippen molar-refractivity contribution >= 4 is 43.4 Å². The van der Waals surface area contributed by atoms with Crippen molar-refractivity contribution in [3.8, 4) is 17.1 Å². The van der Waals surface area contributed by atoms with Crippen molar-refractivity contribution in [1.82, 2.24) is 14.5 Å². The highest BCUT2D eigenvalue weighted by molar-refractivity contribution is 6.21. The number of pyridine rings is 2. The second kappa shape index (κ2) is 7.01. The number of aromatic nitrogens is 3. The Morgan fingerprint density at radius 1 is 0.545 bits per heavy atom. The van der Waals surface area contributed by atoms with Gasteiger partial charge in [0.25, 0.3) is 0 Å². The quantitative estimate of drug-likeness (QED) is 0.289. The zero-order valence-electron chi connectivity index (χ0n) is 17.8. The number of hydrogen-bond donors (Lipinski definition) is 0. The third-order valence-corrected chi connectivity index (χ3v) is 6.46. The van der Waals surface area contributed by atoms with Gasteiger partial charge in [-0.25, -0.2) is 4.98 Å². The van der Waals surface area contributed by atoms with Gasteiger partial charge in [0.05, 0.1) is 16.7 Å². The SMILES string of the molecule is c1ccc(-n2c3ccc(-c4cc5ccccc5cn4)cc3c3c4ccccc4ccc32)nc1. The molecule has 0 radical (unpaired) electrons. The van der Waals surface area contributed by atoms with E-state index >= 15 is 0 Å². The van der Waals surface area contributed by atoms with Gasteiger partial charge in [-0.1, -0.05) is 66.7 Å². The fourth-order valence-corrected chi connectivity index (χ4v) is 4.92. The van der Waals surface area contributed by atoms with Crippen LogP contribution in [0.3, 0.4) is 0 Å². The molecule has 3 heteroatoms. The molecule has 4 aromatic carbocycles. The Bertz CT molecular complexity index is 1810. The Balaban J connectivity index is 1.58. The molecule has 0 saturated carbocycles. The lowest BCUT2D eigenvalue weighted by atomic mass is 10.0. The molecule has 7 rings (SSSR count). The molecule has 0 bridgehead atoms. The Kier molecular flexibility index (Phi) is 3.84. The van der Waals surface area contributed by atoms with Crippen molar-refractivity contribution in [2.24, 2.45) is 0 Å². The summed E-state index contributed by atoms with van der Waals surface area (Å²) in [6.07, 6.45) is 3.81. The van der Waals surface area contributed by atoms with Crippen LogP contribution in [0.15, 0.2) is 116 Å². The maximum atomic E-state index is 4.77. The maximum Gasteiger partial charge on any atom is 0.137 e. The molecular formula is C30H19N3. The van der Waals surface area contributed by atoms with Crippen LogP contribution in [-0.4, -0.2) is 14.5 Å². The molecule has 3 aromatic heterocycles. The summed E-state index contributed by atoms with van der Waals surface area (Å²) in [6.45, 7) is 0. The van der Waals surface area contributed by atoms with E-state index in [9.17, 15) is 0 Å². The second-order valence-electron chi connectivity index (χ2n) is 8.35. The average molecular weight is 422 g/mol. The number of rotatable bonds is 2. The fraction of sp³-hybridized carbons (Fsp3) is 0. The van der Waals surface area contributed by atoms with E-state index in [1.54, 1.807) is 0 Å². The molecule has 154 valence electrons. The lowest BCUT2D eigenvalue weighted by molar-refractivity contribution is 1.08. The van der Waals surface area contributed by atoms with Crippen LogP contribution in [0.2, 0.25) is 0 Å². The van der Waals surface area contributed by atoms with Gasteiger partial charge in [0.1, 0.15) is 5.82 Å². The summed E-state index contributed by atoms with van der Waals surface area (Å²) in [4.78, 5) is 9.44. The molecule has 0 aliphatic rings. The Morgan fingerprint density at radius 2 is 1.33 bits per heavy atom. The van der Waals surface area contributed by atoms with Crippen LogP contribution in [0.25, 0.3) is 60.4 Å². The normalized spacial score (nSPS) is 11.6. The van der Waals surface area contributed by atoms with Crippen LogP contribution in [0.4, 0.5) is 0 Å². The van der Waals surface area contributed by atoms with Gasteiger partial charge in [-0.2, -0.15) is 0 Å². The first kappa shape index (κ1) is 18.1. The minimum absolute atomic E-state index is 0.921. The van der Waals surface area contributed by atoms with E-state index in [2.05, 4.69) is 94.5 Å². The average Bonchev–Trinajstić information content (AvgIpc) is 3.23. The molecule has 0 amide bonds. The molecule has 3 heterocycles. The Hall–Kier alpha value is -4.50. The van der Waals surface area contributed by atoms with Crippen LogP contribution in [0.1, 0.15) is 0 Å². The van der Waals surface area contributed by atoms with Crippen LogP contribution in [0, 0.1) is 0 Å². The number of nitrogens with zero attached hydrogens (tertiary/aromatic N) is 3. The molecule has 0 unspecified atom stereocenters. The van der Waals surface area contributed by atoms with E-state index in [-0.39, 0.29) is 0 Å². The summed E-state index contributed by atoms with van der Waals surface area (Å²) in [6, 6.07) is 36.2. The van der Waals surface area contributed by atoms with Gasteiger partial charge in [-0.15, -0.1) is 0 Å². The Morgan fingerprint density at radius 3 is 2.21 bits per heavy atom. The van der Waals surface area contributed by atoms with Crippen LogP contribution in [0.5, 0.6) is 0 Å². The predicted molar refractivity (Wildman–Crippen MR) is 137 cm³/mol. The number of hydrogen-bond acceptors (Lipinski definition) is 2. The highest BCUT2D eigenvalue weighted by Crippen LogP contribution is 2.38. The predicted octanol–water partition coefficient (Wildman–Crippen LogP) is 7.55. The van der Waals surface area contributed by atoms with Crippen molar-refractivity contribution in [1.29, 1.82) is 0 Å². The summed E-state index contributed by atoms with van der Waals surface area (Å²) >= 11 is 0. The summed E-state index contributed by atoms with van der Waals surface area (Å²) < 4.78 is 2.26. The molecule has 0 fully saturated rings. The van der Waals surface area contributed by atoms with Crippen LogP contribution < -0.4 is 0 Å². The van der Waals surface area contributed by atoms with Gasteiger partial charge in [0.15, 0.2) is 0 Å². The first-order chi connectivity index (χ1) is 16.4. The van der Waals surface area contributed by atoms with E-state index in [0.717, 1.165) is 33.5 Å². The van der Waals surface area contributed by atoms with Crippen molar-refractivity contribution in [2.75, 3.05) is 0 Å². The molecule has 0 N–H and O–H groups in total. The van der Waals surface area contributed by atoms with E-state index in [0.29, 0.717) is 0 Å². The standard InChI is InChI=1S/C30H19N3/c1-2-9-23-19-32-26(18-21(23)8-1)22-13-14-27-25(17-22)30-24-10-4-3-7-20(24)12-15-28(30)33(27)29-11-5-6-16-31-29/h1-19H. The van der Waals surface area contributed by atoms with Gasteiger partial charge in [-0.05, 0) is 52.6 Å². The van der Waals surface area contributed by atoms with Crippen LogP contribution >= 0.6 is 0 Å². The van der Waals surface area contributed by atoms with Crippen molar-refractivity contribution < 1.29 is 0 Å². The topological polar surface area (TPSA) is 30.7 Å². The zero-order valence-corrected chi connectivity index (χ0v) is 17.8.